The number of benzene rings is 3. The van der Waals surface area contributed by atoms with E-state index in [0.717, 1.165) is 28.1 Å². The minimum absolute atomic E-state index is 0.110. The number of phenols is 1. The van der Waals surface area contributed by atoms with Crippen LogP contribution < -0.4 is 10.2 Å². The lowest BCUT2D eigenvalue weighted by atomic mass is 10.1. The third kappa shape index (κ3) is 5.88. The second kappa shape index (κ2) is 10.9. The number of ether oxygens (including phenoxy) is 1. The van der Waals surface area contributed by atoms with Gasteiger partial charge < -0.3 is 9.84 Å². The van der Waals surface area contributed by atoms with E-state index in [4.69, 9.17) is 4.74 Å². The van der Waals surface area contributed by atoms with Gasteiger partial charge in [0, 0.05) is 11.3 Å². The second-order valence-corrected chi connectivity index (χ2v) is 8.72. The van der Waals surface area contributed by atoms with Crippen molar-refractivity contribution < 1.29 is 14.6 Å². The Hall–Kier alpha value is -4.11. The monoisotopic (exact) mass is 487 g/mol. The van der Waals surface area contributed by atoms with Crippen LogP contribution in [-0.2, 0) is 4.79 Å². The smallest absolute Gasteiger partial charge is 0.250 e. The van der Waals surface area contributed by atoms with E-state index in [2.05, 4.69) is 20.7 Å². The van der Waals surface area contributed by atoms with E-state index < -0.39 is 0 Å². The number of hydrazone groups is 1. The fourth-order valence-corrected chi connectivity index (χ4v) is 4.04. The van der Waals surface area contributed by atoms with Crippen molar-refractivity contribution in [2.24, 2.45) is 5.10 Å². The molecule has 0 atom stereocenters. The zero-order chi connectivity index (χ0) is 24.8. The highest BCUT2D eigenvalue weighted by molar-refractivity contribution is 7.99. The maximum Gasteiger partial charge on any atom is 0.250 e. The van der Waals surface area contributed by atoms with Crippen LogP contribution in [0.3, 0.4) is 0 Å². The molecule has 0 radical (unpaired) electrons. The van der Waals surface area contributed by atoms with E-state index in [9.17, 15) is 9.90 Å². The number of nitrogens with zero attached hydrogens (tertiary/aromatic N) is 4. The third-order valence-corrected chi connectivity index (χ3v) is 6.17. The van der Waals surface area contributed by atoms with E-state index in [0.29, 0.717) is 16.7 Å². The summed E-state index contributed by atoms with van der Waals surface area (Å²) in [5.41, 5.74) is 6.93. The molecular weight excluding hydrogens is 462 g/mol. The molecule has 3 aromatic carbocycles. The summed E-state index contributed by atoms with van der Waals surface area (Å²) in [4.78, 5) is 12.5. The molecule has 0 fully saturated rings. The Balaban J connectivity index is 1.53. The summed E-state index contributed by atoms with van der Waals surface area (Å²) in [7, 11) is 1.62. The molecule has 2 N–H and O–H groups in total. The molecule has 0 saturated heterocycles. The standard InChI is InChI=1S/C26H25N5O3S/c1-17-4-10-21(11-5-17)31-25(20-8-14-23(34-3)15-9-20)29-30-26(31)35-16-24(33)28-27-18(2)19-6-12-22(32)13-7-19/h4-15,32H,16H2,1-3H3,(H,28,33)/b27-18-. The largest absolute Gasteiger partial charge is 0.508 e. The third-order valence-electron chi connectivity index (χ3n) is 5.24. The number of rotatable bonds is 8. The normalized spacial score (nSPS) is 11.3. The predicted octanol–water partition coefficient (Wildman–Crippen LogP) is 4.59. The maximum absolute atomic E-state index is 12.5. The lowest BCUT2D eigenvalue weighted by Crippen LogP contribution is -2.21. The van der Waals surface area contributed by atoms with Gasteiger partial charge in [-0.05, 0) is 80.1 Å². The van der Waals surface area contributed by atoms with Gasteiger partial charge in [-0.2, -0.15) is 5.10 Å². The van der Waals surface area contributed by atoms with Crippen LogP contribution in [0.4, 0.5) is 0 Å². The first-order valence-electron chi connectivity index (χ1n) is 10.9. The molecule has 8 nitrogen and oxygen atoms in total. The van der Waals surface area contributed by atoms with Crippen LogP contribution in [0.15, 0.2) is 83.1 Å². The highest BCUT2D eigenvalue weighted by Gasteiger charge is 2.17. The summed E-state index contributed by atoms with van der Waals surface area (Å²) in [5.74, 6) is 1.44. The van der Waals surface area contributed by atoms with Gasteiger partial charge in [-0.1, -0.05) is 29.5 Å². The minimum atomic E-state index is -0.266. The molecule has 4 aromatic rings. The molecule has 1 aromatic heterocycles. The second-order valence-electron chi connectivity index (χ2n) is 7.77. The van der Waals surface area contributed by atoms with Crippen molar-refractivity contribution in [1.29, 1.82) is 0 Å². The average Bonchev–Trinajstić information content (AvgIpc) is 3.31. The molecule has 9 heteroatoms. The van der Waals surface area contributed by atoms with Crippen molar-refractivity contribution in [3.8, 4) is 28.6 Å². The van der Waals surface area contributed by atoms with Gasteiger partial charge in [-0.15, -0.1) is 10.2 Å². The number of phenolic OH excluding ortho intramolecular Hbond substituents is 1. The zero-order valence-electron chi connectivity index (χ0n) is 19.6. The molecule has 0 aliphatic heterocycles. The SMILES string of the molecule is COc1ccc(-c2nnc(SCC(=O)N/N=C(/C)c3ccc(O)cc3)n2-c2ccc(C)cc2)cc1. The van der Waals surface area contributed by atoms with Gasteiger partial charge in [0.05, 0.1) is 18.6 Å². The Morgan fingerprint density at radius 3 is 2.37 bits per heavy atom. The molecule has 0 spiro atoms. The quantitative estimate of drug-likeness (QED) is 0.214. The lowest BCUT2D eigenvalue weighted by Gasteiger charge is -2.11. The molecule has 0 aliphatic rings. The van der Waals surface area contributed by atoms with Gasteiger partial charge >= 0.3 is 0 Å². The van der Waals surface area contributed by atoms with Crippen molar-refractivity contribution >= 4 is 23.4 Å². The van der Waals surface area contributed by atoms with Crippen LogP contribution in [0.2, 0.25) is 0 Å². The van der Waals surface area contributed by atoms with Crippen molar-refractivity contribution in [2.75, 3.05) is 12.9 Å². The number of nitrogens with one attached hydrogen (secondary N) is 1. The number of hydrogen-bond acceptors (Lipinski definition) is 7. The molecule has 1 amide bonds. The van der Waals surface area contributed by atoms with Crippen molar-refractivity contribution in [1.82, 2.24) is 20.2 Å². The minimum Gasteiger partial charge on any atom is -0.508 e. The number of thioether (sulfide) groups is 1. The molecule has 35 heavy (non-hydrogen) atoms. The summed E-state index contributed by atoms with van der Waals surface area (Å²) in [6.45, 7) is 3.82. The summed E-state index contributed by atoms with van der Waals surface area (Å²) >= 11 is 1.28. The fourth-order valence-electron chi connectivity index (χ4n) is 3.29. The molecule has 0 unspecified atom stereocenters. The number of carbonyl (C=O) groups is 1. The Morgan fingerprint density at radius 1 is 1.03 bits per heavy atom. The number of hydrogen-bond donors (Lipinski definition) is 2. The highest BCUT2D eigenvalue weighted by Crippen LogP contribution is 2.29. The van der Waals surface area contributed by atoms with Crippen LogP contribution in [-0.4, -0.2) is 44.4 Å². The van der Waals surface area contributed by atoms with Crippen LogP contribution >= 0.6 is 11.8 Å². The molecule has 0 bridgehead atoms. The van der Waals surface area contributed by atoms with Gasteiger partial charge in [-0.3, -0.25) is 9.36 Å². The van der Waals surface area contributed by atoms with Gasteiger partial charge in [0.15, 0.2) is 11.0 Å². The Kier molecular flexibility index (Phi) is 7.47. The van der Waals surface area contributed by atoms with Gasteiger partial charge in [0.25, 0.3) is 5.91 Å². The number of methoxy groups -OCH3 is 1. The van der Waals surface area contributed by atoms with Crippen LogP contribution in [0.1, 0.15) is 18.1 Å². The van der Waals surface area contributed by atoms with E-state index in [1.807, 2.05) is 60.0 Å². The number of amides is 1. The first kappa shape index (κ1) is 24.0. The fraction of sp³-hybridized carbons (Fsp3) is 0.154. The first-order chi connectivity index (χ1) is 16.9. The maximum atomic E-state index is 12.5. The van der Waals surface area contributed by atoms with Crippen molar-refractivity contribution in [2.45, 2.75) is 19.0 Å². The number of carbonyl (C=O) groups excluding carboxylic acids is 1. The van der Waals surface area contributed by atoms with Crippen molar-refractivity contribution in [3.05, 3.63) is 83.9 Å². The first-order valence-corrected chi connectivity index (χ1v) is 11.9. The molecular formula is C26H25N5O3S. The highest BCUT2D eigenvalue weighted by atomic mass is 32.2. The van der Waals surface area contributed by atoms with Crippen LogP contribution in [0, 0.1) is 6.92 Å². The molecule has 0 aliphatic carbocycles. The number of aryl methyl sites for hydroxylation is 1. The summed E-state index contributed by atoms with van der Waals surface area (Å²) < 4.78 is 7.20. The predicted molar refractivity (Wildman–Crippen MR) is 137 cm³/mol. The van der Waals surface area contributed by atoms with Crippen LogP contribution in [0.25, 0.3) is 17.1 Å². The van der Waals surface area contributed by atoms with Gasteiger partial charge in [0.1, 0.15) is 11.5 Å². The number of aromatic nitrogens is 3. The number of aromatic hydroxyl groups is 1. The average molecular weight is 488 g/mol. The van der Waals surface area contributed by atoms with E-state index in [-0.39, 0.29) is 17.4 Å². The van der Waals surface area contributed by atoms with Gasteiger partial charge in [-0.25, -0.2) is 5.43 Å². The summed E-state index contributed by atoms with van der Waals surface area (Å²) in [5, 5.41) is 22.9. The van der Waals surface area contributed by atoms with Crippen molar-refractivity contribution in [3.63, 3.8) is 0 Å². The van der Waals surface area contributed by atoms with E-state index in [1.54, 1.807) is 38.3 Å². The van der Waals surface area contributed by atoms with Gasteiger partial charge in [0.2, 0.25) is 0 Å². The molecule has 4 rings (SSSR count). The van der Waals surface area contributed by atoms with Crippen LogP contribution in [0.5, 0.6) is 11.5 Å². The van der Waals surface area contributed by atoms with E-state index >= 15 is 0 Å². The topological polar surface area (TPSA) is 102 Å². The lowest BCUT2D eigenvalue weighted by molar-refractivity contribution is -0.118. The Labute approximate surface area is 207 Å². The molecule has 0 saturated carbocycles. The van der Waals surface area contributed by atoms with E-state index in [1.165, 1.54) is 11.8 Å². The zero-order valence-corrected chi connectivity index (χ0v) is 20.4. The summed E-state index contributed by atoms with van der Waals surface area (Å²) in [6, 6.07) is 22.3. The molecule has 1 heterocycles. The summed E-state index contributed by atoms with van der Waals surface area (Å²) in [6.07, 6.45) is 0. The molecule has 178 valence electrons. The Morgan fingerprint density at radius 2 is 1.71 bits per heavy atom. The Bertz CT molecular complexity index is 1330.